The number of aromatic nitrogens is 3. The maximum Gasteiger partial charge on any atom is 0.152 e. The highest BCUT2D eigenvalue weighted by molar-refractivity contribution is 6.06. The van der Waals surface area contributed by atoms with Crippen LogP contribution in [0.4, 0.5) is 5.82 Å². The molecule has 2 heterocycles. The van der Waals surface area contributed by atoms with E-state index in [-0.39, 0.29) is 6.04 Å². The number of nitrogens with zero attached hydrogens (tertiary/aromatic N) is 6. The van der Waals surface area contributed by atoms with Crippen LogP contribution >= 0.6 is 0 Å². The second-order valence-electron chi connectivity index (χ2n) is 7.33. The molecule has 0 bridgehead atoms. The largest absolute Gasteiger partial charge is 0.493 e. The standard InChI is InChI=1S/C23H25N7O2/c1-2-31-14-17(13-16-7-9-18(10-8-16)32-12-11-27-29-25)30-15-26-21-22(30)19-5-3-4-6-20(19)28-23(21)24/h3-10,15,17H,2,11-14H2,1H3,(H2,24,28)/t17-/m0/s1. The summed E-state index contributed by atoms with van der Waals surface area (Å²) < 4.78 is 13.6. The zero-order valence-corrected chi connectivity index (χ0v) is 17.9. The molecule has 0 spiro atoms. The van der Waals surface area contributed by atoms with E-state index in [1.54, 1.807) is 0 Å². The molecule has 4 aromatic rings. The molecule has 2 N–H and O–H groups in total. The van der Waals surface area contributed by atoms with E-state index in [0.29, 0.717) is 37.7 Å². The molecule has 0 saturated carbocycles. The van der Waals surface area contributed by atoms with Gasteiger partial charge in [0.2, 0.25) is 0 Å². The van der Waals surface area contributed by atoms with Gasteiger partial charge in [-0.2, -0.15) is 0 Å². The Morgan fingerprint density at radius 3 is 2.78 bits per heavy atom. The number of fused-ring (bicyclic) bond motifs is 3. The van der Waals surface area contributed by atoms with Gasteiger partial charge in [-0.25, -0.2) is 9.97 Å². The Labute approximate surface area is 185 Å². The van der Waals surface area contributed by atoms with E-state index < -0.39 is 0 Å². The van der Waals surface area contributed by atoms with E-state index in [4.69, 9.17) is 20.7 Å². The van der Waals surface area contributed by atoms with Crippen LogP contribution in [0.2, 0.25) is 0 Å². The van der Waals surface area contributed by atoms with Crippen LogP contribution in [0, 0.1) is 0 Å². The molecule has 32 heavy (non-hydrogen) atoms. The molecular formula is C23H25N7O2. The van der Waals surface area contributed by atoms with E-state index in [0.717, 1.165) is 34.2 Å². The Kier molecular flexibility index (Phi) is 6.69. The van der Waals surface area contributed by atoms with Gasteiger partial charge in [-0.3, -0.25) is 0 Å². The van der Waals surface area contributed by atoms with Gasteiger partial charge >= 0.3 is 0 Å². The van der Waals surface area contributed by atoms with Crippen molar-refractivity contribution in [2.75, 3.05) is 32.1 Å². The highest BCUT2D eigenvalue weighted by Gasteiger charge is 2.19. The lowest BCUT2D eigenvalue weighted by Crippen LogP contribution is -2.18. The van der Waals surface area contributed by atoms with Gasteiger partial charge in [-0.05, 0) is 42.6 Å². The third-order valence-electron chi connectivity index (χ3n) is 5.26. The molecule has 4 rings (SSSR count). The first-order valence-corrected chi connectivity index (χ1v) is 10.5. The van der Waals surface area contributed by atoms with Crippen LogP contribution in [0.5, 0.6) is 5.75 Å². The molecule has 0 unspecified atom stereocenters. The summed E-state index contributed by atoms with van der Waals surface area (Å²) >= 11 is 0. The van der Waals surface area contributed by atoms with E-state index >= 15 is 0 Å². The summed E-state index contributed by atoms with van der Waals surface area (Å²) in [6, 6.07) is 15.9. The average molecular weight is 432 g/mol. The summed E-state index contributed by atoms with van der Waals surface area (Å²) in [6.45, 7) is 3.81. The number of benzene rings is 2. The van der Waals surface area contributed by atoms with Crippen molar-refractivity contribution >= 4 is 27.8 Å². The molecular weight excluding hydrogens is 406 g/mol. The summed E-state index contributed by atoms with van der Waals surface area (Å²) in [5.74, 6) is 1.16. The number of nitrogens with two attached hydrogens (primary N) is 1. The minimum absolute atomic E-state index is 0.0295. The van der Waals surface area contributed by atoms with E-state index in [1.165, 1.54) is 0 Å². The van der Waals surface area contributed by atoms with Gasteiger partial charge in [0.05, 0.1) is 43.2 Å². The maximum absolute atomic E-state index is 8.34. The molecule has 0 saturated heterocycles. The average Bonchev–Trinajstić information content (AvgIpc) is 3.27. The summed E-state index contributed by atoms with van der Waals surface area (Å²) in [5.41, 5.74) is 18.2. The van der Waals surface area contributed by atoms with Crippen molar-refractivity contribution in [3.8, 4) is 5.75 Å². The SMILES string of the molecule is CCOC[C@H](Cc1ccc(OCCN=[N+]=[N-])cc1)n1cnc2c(N)nc3ccccc3c21. The monoisotopic (exact) mass is 431 g/mol. The zero-order chi connectivity index (χ0) is 22.3. The summed E-state index contributed by atoms with van der Waals surface area (Å²) in [4.78, 5) is 11.8. The number of ether oxygens (including phenoxy) is 2. The molecule has 9 nitrogen and oxygen atoms in total. The van der Waals surface area contributed by atoms with Gasteiger partial charge in [0.15, 0.2) is 5.82 Å². The minimum atomic E-state index is 0.0295. The Bertz CT molecular complexity index is 1250. The van der Waals surface area contributed by atoms with Crippen LogP contribution in [-0.2, 0) is 11.2 Å². The lowest BCUT2D eigenvalue weighted by atomic mass is 10.1. The Hall–Kier alpha value is -3.81. The first-order valence-electron chi connectivity index (χ1n) is 10.5. The van der Waals surface area contributed by atoms with Crippen LogP contribution < -0.4 is 10.5 Å². The molecule has 2 aromatic heterocycles. The van der Waals surface area contributed by atoms with E-state index in [1.807, 2.05) is 61.8 Å². The van der Waals surface area contributed by atoms with Crippen LogP contribution in [0.15, 0.2) is 60.0 Å². The van der Waals surface area contributed by atoms with Crippen molar-refractivity contribution in [1.82, 2.24) is 14.5 Å². The molecule has 0 amide bonds. The first kappa shape index (κ1) is 21.4. The molecule has 0 aliphatic heterocycles. The zero-order valence-electron chi connectivity index (χ0n) is 17.9. The quantitative estimate of drug-likeness (QED) is 0.169. The molecule has 0 aliphatic carbocycles. The second-order valence-corrected chi connectivity index (χ2v) is 7.33. The lowest BCUT2D eigenvalue weighted by Gasteiger charge is -2.20. The van der Waals surface area contributed by atoms with Crippen molar-refractivity contribution in [2.45, 2.75) is 19.4 Å². The highest BCUT2D eigenvalue weighted by Crippen LogP contribution is 2.30. The van der Waals surface area contributed by atoms with Crippen LogP contribution in [0.25, 0.3) is 32.4 Å². The molecule has 2 aromatic carbocycles. The van der Waals surface area contributed by atoms with Gasteiger partial charge in [0, 0.05) is 16.9 Å². The van der Waals surface area contributed by atoms with Crippen molar-refractivity contribution in [3.63, 3.8) is 0 Å². The number of nitrogen functional groups attached to an aromatic ring is 1. The molecule has 0 fully saturated rings. The molecule has 0 radical (unpaired) electrons. The molecule has 164 valence electrons. The summed E-state index contributed by atoms with van der Waals surface area (Å²) in [7, 11) is 0. The minimum Gasteiger partial charge on any atom is -0.493 e. The van der Waals surface area contributed by atoms with Gasteiger partial charge in [0.25, 0.3) is 0 Å². The van der Waals surface area contributed by atoms with Crippen molar-refractivity contribution in [2.24, 2.45) is 5.11 Å². The number of hydrogen-bond acceptors (Lipinski definition) is 6. The first-order chi connectivity index (χ1) is 15.7. The number of pyridine rings is 1. The number of anilines is 1. The van der Waals surface area contributed by atoms with Crippen LogP contribution in [0.3, 0.4) is 0 Å². The fourth-order valence-corrected chi connectivity index (χ4v) is 3.78. The number of para-hydroxylation sites is 1. The van der Waals surface area contributed by atoms with Crippen LogP contribution in [-0.4, -0.2) is 40.9 Å². The fourth-order valence-electron chi connectivity index (χ4n) is 3.78. The Morgan fingerprint density at radius 2 is 2.00 bits per heavy atom. The fraction of sp³-hybridized carbons (Fsp3) is 0.304. The number of rotatable bonds is 10. The molecule has 1 atom stereocenters. The number of hydrogen-bond donors (Lipinski definition) is 1. The molecule has 9 heteroatoms. The van der Waals surface area contributed by atoms with E-state index in [9.17, 15) is 0 Å². The number of azide groups is 1. The van der Waals surface area contributed by atoms with Crippen molar-refractivity contribution < 1.29 is 9.47 Å². The van der Waals surface area contributed by atoms with Gasteiger partial charge in [0.1, 0.15) is 11.3 Å². The predicted molar refractivity (Wildman–Crippen MR) is 125 cm³/mol. The maximum atomic E-state index is 8.34. The third kappa shape index (κ3) is 4.59. The Morgan fingerprint density at radius 1 is 1.19 bits per heavy atom. The predicted octanol–water partition coefficient (Wildman–Crippen LogP) is 4.68. The topological polar surface area (TPSA) is 124 Å². The second kappa shape index (κ2) is 10.00. The summed E-state index contributed by atoms with van der Waals surface area (Å²) in [6.07, 6.45) is 2.58. The normalized spacial score (nSPS) is 12.0. The van der Waals surface area contributed by atoms with Crippen LogP contribution in [0.1, 0.15) is 18.5 Å². The molecule has 0 aliphatic rings. The highest BCUT2D eigenvalue weighted by atomic mass is 16.5. The van der Waals surface area contributed by atoms with Gasteiger partial charge in [-0.15, -0.1) is 0 Å². The lowest BCUT2D eigenvalue weighted by molar-refractivity contribution is 0.114. The van der Waals surface area contributed by atoms with Crippen molar-refractivity contribution in [1.29, 1.82) is 0 Å². The van der Waals surface area contributed by atoms with E-state index in [2.05, 4.69) is 24.6 Å². The number of imidazole rings is 1. The summed E-state index contributed by atoms with van der Waals surface area (Å²) in [5, 5.41) is 4.49. The van der Waals surface area contributed by atoms with Crippen molar-refractivity contribution in [3.05, 3.63) is 70.9 Å². The van der Waals surface area contributed by atoms with Gasteiger partial charge < -0.3 is 19.8 Å². The Balaban J connectivity index is 1.63. The smallest absolute Gasteiger partial charge is 0.152 e. The van der Waals surface area contributed by atoms with Gasteiger partial charge in [-0.1, -0.05) is 35.4 Å². The third-order valence-corrected chi connectivity index (χ3v) is 5.26.